The normalized spacial score (nSPS) is 9.64. The van der Waals surface area contributed by atoms with Crippen LogP contribution in [0.1, 0.15) is 0 Å². The molecule has 0 unspecified atom stereocenters. The van der Waals surface area contributed by atoms with Gasteiger partial charge in [-0.25, -0.2) is 0 Å². The van der Waals surface area contributed by atoms with Crippen molar-refractivity contribution < 1.29 is 5.11 Å². The molecular formula is C7H9ClN2O. The molecule has 60 valence electrons. The largest absolute Gasteiger partial charge is 0.506 e. The minimum absolute atomic E-state index is 0.00171. The van der Waals surface area contributed by atoms with E-state index in [1.165, 1.54) is 6.07 Å². The van der Waals surface area contributed by atoms with Gasteiger partial charge >= 0.3 is 0 Å². The molecule has 0 aliphatic rings. The molecule has 1 aromatic carbocycles. The van der Waals surface area contributed by atoms with Crippen LogP contribution in [0, 0.1) is 0 Å². The molecule has 1 aromatic rings. The number of hydrogen-bond acceptors (Lipinski definition) is 3. The molecule has 0 aromatic heterocycles. The lowest BCUT2D eigenvalue weighted by Gasteiger charge is -2.06. The Kier molecular flexibility index (Phi) is 2.10. The minimum atomic E-state index is 0.00171. The molecule has 0 heterocycles. The van der Waals surface area contributed by atoms with Gasteiger partial charge in [0.1, 0.15) is 5.75 Å². The summed E-state index contributed by atoms with van der Waals surface area (Å²) in [5.74, 6) is 0.00171. The average molecular weight is 173 g/mol. The molecule has 0 radical (unpaired) electrons. The number of phenolic OH excluding ortho intramolecular Hbond substituents is 1. The Bertz CT molecular complexity index is 275. The van der Waals surface area contributed by atoms with Crippen molar-refractivity contribution in [3.8, 4) is 5.75 Å². The van der Waals surface area contributed by atoms with E-state index in [0.29, 0.717) is 16.4 Å². The monoisotopic (exact) mass is 172 g/mol. The fraction of sp³-hybridized carbons (Fsp3) is 0.143. The highest BCUT2D eigenvalue weighted by Crippen LogP contribution is 2.31. The maximum atomic E-state index is 9.16. The topological polar surface area (TPSA) is 58.3 Å². The number of nitrogens with two attached hydrogens (primary N) is 1. The molecule has 11 heavy (non-hydrogen) atoms. The Morgan fingerprint density at radius 2 is 2.18 bits per heavy atom. The molecule has 0 aliphatic carbocycles. The van der Waals surface area contributed by atoms with Crippen LogP contribution in [-0.4, -0.2) is 12.2 Å². The Hall–Kier alpha value is -1.09. The predicted molar refractivity (Wildman–Crippen MR) is 47.1 cm³/mol. The van der Waals surface area contributed by atoms with Gasteiger partial charge in [0.15, 0.2) is 0 Å². The number of anilines is 2. The summed E-state index contributed by atoms with van der Waals surface area (Å²) in [6, 6.07) is 3.05. The SMILES string of the molecule is CNc1cc(Cl)cc(O)c1N. The standard InChI is InChI=1S/C7H9ClN2O/c1-10-5-2-4(8)3-6(11)7(5)9/h2-3,10-11H,9H2,1H3. The first-order chi connectivity index (χ1) is 5.15. The van der Waals surface area contributed by atoms with Crippen LogP contribution in [0.3, 0.4) is 0 Å². The molecule has 0 saturated heterocycles. The van der Waals surface area contributed by atoms with Crippen molar-refractivity contribution in [3.05, 3.63) is 17.2 Å². The molecule has 1 rings (SSSR count). The van der Waals surface area contributed by atoms with Gasteiger partial charge in [0.25, 0.3) is 0 Å². The Labute approximate surface area is 69.8 Å². The molecule has 4 heteroatoms. The van der Waals surface area contributed by atoms with Gasteiger partial charge in [-0.15, -0.1) is 0 Å². The first kappa shape index (κ1) is 8.01. The second-order valence-corrected chi connectivity index (χ2v) is 2.57. The zero-order valence-corrected chi connectivity index (χ0v) is 6.81. The number of halogens is 1. The Balaban J connectivity index is 3.24. The van der Waals surface area contributed by atoms with Crippen molar-refractivity contribution in [3.63, 3.8) is 0 Å². The summed E-state index contributed by atoms with van der Waals surface area (Å²) in [6.07, 6.45) is 0. The highest BCUT2D eigenvalue weighted by Gasteiger charge is 2.03. The predicted octanol–water partition coefficient (Wildman–Crippen LogP) is 1.67. The van der Waals surface area contributed by atoms with Crippen LogP contribution in [0.5, 0.6) is 5.75 Å². The number of aromatic hydroxyl groups is 1. The van der Waals surface area contributed by atoms with Gasteiger partial charge < -0.3 is 16.2 Å². The Morgan fingerprint density at radius 1 is 1.55 bits per heavy atom. The maximum absolute atomic E-state index is 9.16. The lowest BCUT2D eigenvalue weighted by atomic mass is 10.2. The number of nitrogens with one attached hydrogen (secondary N) is 1. The van der Waals surface area contributed by atoms with Gasteiger partial charge in [-0.1, -0.05) is 11.6 Å². The van der Waals surface area contributed by atoms with Crippen molar-refractivity contribution in [2.24, 2.45) is 0 Å². The fourth-order valence-corrected chi connectivity index (χ4v) is 1.02. The van der Waals surface area contributed by atoms with Gasteiger partial charge in [0, 0.05) is 18.1 Å². The van der Waals surface area contributed by atoms with Crippen molar-refractivity contribution in [1.82, 2.24) is 0 Å². The molecule has 0 aliphatic heterocycles. The van der Waals surface area contributed by atoms with Gasteiger partial charge in [-0.05, 0) is 6.07 Å². The second kappa shape index (κ2) is 2.88. The van der Waals surface area contributed by atoms with Gasteiger partial charge in [-0.3, -0.25) is 0 Å². The number of rotatable bonds is 1. The smallest absolute Gasteiger partial charge is 0.142 e. The van der Waals surface area contributed by atoms with Gasteiger partial charge in [0.2, 0.25) is 0 Å². The highest BCUT2D eigenvalue weighted by molar-refractivity contribution is 6.31. The average Bonchev–Trinajstić information content (AvgIpc) is 1.96. The number of phenols is 1. The van der Waals surface area contributed by atoms with E-state index >= 15 is 0 Å². The summed E-state index contributed by atoms with van der Waals surface area (Å²) in [5.41, 5.74) is 6.44. The van der Waals surface area contributed by atoms with Gasteiger partial charge in [-0.2, -0.15) is 0 Å². The lowest BCUT2D eigenvalue weighted by Crippen LogP contribution is -1.95. The molecule has 0 atom stereocenters. The minimum Gasteiger partial charge on any atom is -0.506 e. The molecular weight excluding hydrogens is 164 g/mol. The lowest BCUT2D eigenvalue weighted by molar-refractivity contribution is 0.478. The third-order valence-electron chi connectivity index (χ3n) is 1.39. The van der Waals surface area contributed by atoms with Crippen LogP contribution in [0.25, 0.3) is 0 Å². The third-order valence-corrected chi connectivity index (χ3v) is 1.61. The van der Waals surface area contributed by atoms with E-state index in [4.69, 9.17) is 22.4 Å². The molecule has 0 fully saturated rings. The number of hydrogen-bond donors (Lipinski definition) is 3. The first-order valence-corrected chi connectivity index (χ1v) is 3.48. The zero-order valence-electron chi connectivity index (χ0n) is 6.06. The molecule has 4 N–H and O–H groups in total. The molecule has 0 saturated carbocycles. The zero-order chi connectivity index (χ0) is 8.43. The highest BCUT2D eigenvalue weighted by atomic mass is 35.5. The van der Waals surface area contributed by atoms with Crippen LogP contribution in [0.4, 0.5) is 11.4 Å². The van der Waals surface area contributed by atoms with Crippen LogP contribution in [0.2, 0.25) is 5.02 Å². The summed E-state index contributed by atoms with van der Waals surface area (Å²) < 4.78 is 0. The summed E-state index contributed by atoms with van der Waals surface area (Å²) >= 11 is 5.65. The second-order valence-electron chi connectivity index (χ2n) is 2.14. The van der Waals surface area contributed by atoms with E-state index < -0.39 is 0 Å². The van der Waals surface area contributed by atoms with Crippen molar-refractivity contribution in [2.75, 3.05) is 18.1 Å². The fourth-order valence-electron chi connectivity index (χ4n) is 0.810. The van der Waals surface area contributed by atoms with E-state index in [9.17, 15) is 0 Å². The van der Waals surface area contributed by atoms with Gasteiger partial charge in [0.05, 0.1) is 11.4 Å². The van der Waals surface area contributed by atoms with Crippen LogP contribution < -0.4 is 11.1 Å². The van der Waals surface area contributed by atoms with E-state index in [1.807, 2.05) is 0 Å². The summed E-state index contributed by atoms with van der Waals surface area (Å²) in [6.45, 7) is 0. The first-order valence-electron chi connectivity index (χ1n) is 3.11. The van der Waals surface area contributed by atoms with Crippen LogP contribution in [-0.2, 0) is 0 Å². The van der Waals surface area contributed by atoms with E-state index in [2.05, 4.69) is 5.32 Å². The Morgan fingerprint density at radius 3 is 2.73 bits per heavy atom. The quantitative estimate of drug-likeness (QED) is 0.446. The molecule has 3 nitrogen and oxygen atoms in total. The van der Waals surface area contributed by atoms with Crippen molar-refractivity contribution >= 4 is 23.0 Å². The van der Waals surface area contributed by atoms with E-state index in [0.717, 1.165) is 0 Å². The number of benzene rings is 1. The summed E-state index contributed by atoms with van der Waals surface area (Å²) in [5, 5.41) is 12.4. The molecule has 0 bridgehead atoms. The van der Waals surface area contributed by atoms with Crippen molar-refractivity contribution in [1.29, 1.82) is 0 Å². The summed E-state index contributed by atoms with van der Waals surface area (Å²) in [7, 11) is 1.71. The molecule has 0 amide bonds. The van der Waals surface area contributed by atoms with E-state index in [-0.39, 0.29) is 5.75 Å². The maximum Gasteiger partial charge on any atom is 0.142 e. The third kappa shape index (κ3) is 1.49. The number of nitrogen functional groups attached to an aromatic ring is 1. The van der Waals surface area contributed by atoms with E-state index in [1.54, 1.807) is 13.1 Å². The van der Waals surface area contributed by atoms with Crippen LogP contribution >= 0.6 is 11.6 Å². The van der Waals surface area contributed by atoms with Crippen molar-refractivity contribution in [2.45, 2.75) is 0 Å². The summed E-state index contributed by atoms with van der Waals surface area (Å²) in [4.78, 5) is 0. The van der Waals surface area contributed by atoms with Crippen LogP contribution in [0.15, 0.2) is 12.1 Å². The molecule has 0 spiro atoms.